The predicted octanol–water partition coefficient (Wildman–Crippen LogP) is 3.40. The van der Waals surface area contributed by atoms with E-state index in [9.17, 15) is 0 Å². The summed E-state index contributed by atoms with van der Waals surface area (Å²) in [4.78, 5) is 0. The summed E-state index contributed by atoms with van der Waals surface area (Å²) in [5, 5.41) is 0. The molecule has 30 heteroatoms. The maximum absolute atomic E-state index is 7.78. The summed E-state index contributed by atoms with van der Waals surface area (Å²) in [6, 6.07) is 0. The molecule has 0 aliphatic carbocycles. The molecule has 0 radical (unpaired) electrons. The zero-order valence-corrected chi connectivity index (χ0v) is 56.8. The molecule has 0 saturated carbocycles. The van der Waals surface area contributed by atoms with Gasteiger partial charge >= 0.3 is 250 Å². The Bertz CT molecular complexity index is 1180. The van der Waals surface area contributed by atoms with E-state index in [2.05, 4.69) is 69.2 Å². The monoisotopic (exact) mass is 1270 g/mol. The van der Waals surface area contributed by atoms with E-state index in [0.717, 1.165) is 0 Å². The van der Waals surface area contributed by atoms with Gasteiger partial charge in [0.15, 0.2) is 0 Å². The van der Waals surface area contributed by atoms with Crippen LogP contribution in [0.1, 0.15) is 69.2 Å². The summed E-state index contributed by atoms with van der Waals surface area (Å²) in [6.45, 7) is 47.2. The van der Waals surface area contributed by atoms with Crippen molar-refractivity contribution in [2.45, 2.75) is 69.2 Å². The van der Waals surface area contributed by atoms with Gasteiger partial charge in [-0.3, -0.25) is 0 Å². The van der Waals surface area contributed by atoms with Gasteiger partial charge in [0, 0.05) is 0 Å². The minimum Gasteiger partial charge on any atom is -1.00 e. The first-order valence-corrected chi connectivity index (χ1v) is 59.2. The van der Waals surface area contributed by atoms with E-state index in [1.165, 1.54) is 143 Å². The first-order chi connectivity index (χ1) is 25.4. The average Bonchev–Trinajstić information content (AvgIpc) is 3.78. The Hall–Kier alpha value is 6.14. The summed E-state index contributed by atoms with van der Waals surface area (Å²) in [5.74, 6) is 0. The van der Waals surface area contributed by atoms with Gasteiger partial charge in [0.05, 0.1) is 0 Å². The van der Waals surface area contributed by atoms with Crippen LogP contribution in [-0.4, -0.2) is 193 Å². The van der Waals surface area contributed by atoms with E-state index < -0.39 is 50.1 Å². The molecular weight excluding hydrogens is 1210 g/mol. The molecule has 0 aromatic rings. The summed E-state index contributed by atoms with van der Waals surface area (Å²) < 4.78 is 7.85. The van der Waals surface area contributed by atoms with Gasteiger partial charge < -0.3 is 24.8 Å². The molecule has 0 N–H and O–H groups in total. The second-order valence-corrected chi connectivity index (χ2v) is 123. The van der Waals surface area contributed by atoms with Gasteiger partial charge in [-0.05, 0) is 0 Å². The number of likely N-dealkylation sites (N-methyl/N-ethyl adjacent to an activating group) is 6. The van der Waals surface area contributed by atoms with Crippen LogP contribution in [0.4, 0.5) is 0 Å². The largest absolute Gasteiger partial charge is 1.00 e. The minimum atomic E-state index is -3.66. The Morgan fingerprint density at radius 3 is 0.534 bits per heavy atom. The summed E-state index contributed by atoms with van der Waals surface area (Å²) in [6.07, 6.45) is 0. The molecule has 5 aliphatic heterocycles. The molecule has 0 atom stereocenters. The maximum Gasteiger partial charge on any atom is 0.295 e. The van der Waals surface area contributed by atoms with E-state index in [1.54, 1.807) is 0 Å². The molecule has 5 heterocycles. The minimum absolute atomic E-state index is 0. The van der Waals surface area contributed by atoms with Crippen molar-refractivity contribution in [2.75, 3.05) is 118 Å². The van der Waals surface area contributed by atoms with Gasteiger partial charge in [-0.1, -0.05) is 0 Å². The predicted molar refractivity (Wildman–Crippen MR) is 279 cm³/mol. The van der Waals surface area contributed by atoms with Crippen molar-refractivity contribution < 1.29 is 49.7 Å². The molecule has 5 saturated heterocycles. The van der Waals surface area contributed by atoms with Crippen molar-refractivity contribution in [1.29, 1.82) is 0 Å². The fraction of sp³-hybridized carbons (Fsp3) is 1.00. The Balaban J connectivity index is 0.000000428. The molecule has 58 heavy (non-hydrogen) atoms. The third-order valence-electron chi connectivity index (χ3n) is 18.4. The molecule has 5 aliphatic rings. The number of quaternary nitrogens is 6. The third-order valence-corrected chi connectivity index (χ3v) is 234. The van der Waals surface area contributed by atoms with Crippen LogP contribution >= 0.6 is 155 Å². The topological polar surface area (TPSA) is 0 Å². The molecule has 0 amide bonds. The van der Waals surface area contributed by atoms with Crippen molar-refractivity contribution in [3.05, 3.63) is 0 Å². The Morgan fingerprint density at radius 1 is 0.293 bits per heavy atom. The zero-order chi connectivity index (χ0) is 43.7. The second-order valence-electron chi connectivity index (χ2n) is 18.0. The normalized spacial score (nSPS) is 34.2. The van der Waals surface area contributed by atoms with Crippen LogP contribution in [0.2, 0.25) is 0 Å². The molecule has 356 valence electrons. The van der Waals surface area contributed by atoms with Gasteiger partial charge in [0.1, 0.15) is 0 Å². The fourth-order valence-electron chi connectivity index (χ4n) is 14.2. The van der Waals surface area contributed by atoms with Crippen LogP contribution < -0.4 is 24.8 Å². The molecule has 5 rings (SSSR count). The first kappa shape index (κ1) is 62.2. The van der Waals surface area contributed by atoms with Crippen molar-refractivity contribution in [3.63, 3.8) is 0 Å². The Morgan fingerprint density at radius 2 is 0.431 bits per heavy atom. The summed E-state index contributed by atoms with van der Waals surface area (Å²) >= 11 is 91.0. The molecule has 0 aromatic carbocycles. The molecule has 6 nitrogen and oxygen atoms in total. The number of hydrogen-bond donors (Lipinski definition) is 0. The molecule has 5 fully saturated rings. The van der Waals surface area contributed by atoms with Gasteiger partial charge in [-0.2, -0.15) is 0 Å². The van der Waals surface area contributed by atoms with Crippen LogP contribution in [-0.2, 0) is 0 Å². The van der Waals surface area contributed by atoms with Crippen molar-refractivity contribution in [2.24, 2.45) is 0 Å². The summed E-state index contributed by atoms with van der Waals surface area (Å²) in [5.41, 5.74) is -22.0. The van der Waals surface area contributed by atoms with E-state index in [1.807, 2.05) is 0 Å². The molecule has 0 bridgehead atoms. The fourth-order valence-corrected chi connectivity index (χ4v) is 326. The van der Waals surface area contributed by atoms with Crippen LogP contribution in [0, 0.1) is 0 Å². The standard InChI is InChI=1S/2C14H35ClN3Si.Cl12Si6.2ClH/c2*1-6-16(7-2)11-13-18(10-5)14-12-17(8-3,9-4)19(16,18)15;1-13(2)14(3,4)16(7,8)18(11,12)17(9,10)15(13,5)6;;/h2*6-14,19H2,1-5H3;;2*1H/q2*+1;;;/p-2. The molecule has 0 spiro atoms. The SMILES string of the molecule is CC[N+]1(CC)CC[N+]2(CC)CC[N+](CC)(CC)[SiH2-2]12Cl.CC[N+]1(CC)CC[N+]2(CC)CC[N+](CC)(CC)[SiH2-2]12Cl.Cl[Si]1(Cl)[Si](Cl)(Cl)[Si](Cl)(Cl)[Si](Cl)(Cl)[Si](Cl)(Cl)[Si]1(Cl)Cl.[Cl-].[Cl-]. The summed E-state index contributed by atoms with van der Waals surface area (Å²) in [7, 11) is -5.43. The van der Waals surface area contributed by atoms with Crippen molar-refractivity contribution in [1.82, 2.24) is 0 Å². The molecule has 0 aromatic heterocycles. The quantitative estimate of drug-likeness (QED) is 0.233. The Kier molecular flexibility index (Phi) is 22.3. The Labute approximate surface area is 436 Å². The first-order valence-electron chi connectivity index (χ1n) is 21.0. The number of halogens is 16. The number of fused-ring (bicyclic) bond motifs is 2. The van der Waals surface area contributed by atoms with E-state index in [0.29, 0.717) is 0 Å². The van der Waals surface area contributed by atoms with E-state index in [-0.39, 0.29) is 24.8 Å². The van der Waals surface area contributed by atoms with Crippen LogP contribution in [0.3, 0.4) is 0 Å². The maximum atomic E-state index is 7.78. The molecule has 0 unspecified atom stereocenters. The average molecular weight is 1280 g/mol. The number of hydrogen-bond acceptors (Lipinski definition) is 0. The third kappa shape index (κ3) is 7.84. The zero-order valence-electron chi connectivity index (χ0n) is 35.9. The van der Waals surface area contributed by atoms with Crippen LogP contribution in [0.15, 0.2) is 0 Å². The second kappa shape index (κ2) is 20.8. The van der Waals surface area contributed by atoms with Crippen molar-refractivity contribution in [3.8, 4) is 0 Å². The van der Waals surface area contributed by atoms with Gasteiger partial charge in [0.2, 0.25) is 0 Å². The molecular formula is C28H70Cl16N6Si8. The number of rotatable bonds is 10. The van der Waals surface area contributed by atoms with Gasteiger partial charge in [-0.25, -0.2) is 0 Å². The van der Waals surface area contributed by atoms with Crippen LogP contribution in [0.5, 0.6) is 0 Å². The van der Waals surface area contributed by atoms with E-state index >= 15 is 0 Å². The van der Waals surface area contributed by atoms with E-state index in [4.69, 9.17) is 155 Å². The van der Waals surface area contributed by atoms with Gasteiger partial charge in [-0.15, -0.1) is 133 Å². The van der Waals surface area contributed by atoms with Crippen molar-refractivity contribution >= 4 is 205 Å². The smallest absolute Gasteiger partial charge is 0.295 e. The van der Waals surface area contributed by atoms with Crippen LogP contribution in [0.25, 0.3) is 0 Å². The number of nitrogens with zero attached hydrogens (tertiary/aromatic N) is 6. The van der Waals surface area contributed by atoms with Gasteiger partial charge in [0.25, 0.3) is 34.4 Å².